The van der Waals surface area contributed by atoms with Crippen molar-refractivity contribution in [3.8, 4) is 10.4 Å². The van der Waals surface area contributed by atoms with E-state index >= 15 is 0 Å². The van der Waals surface area contributed by atoms with E-state index in [1.54, 1.807) is 13.8 Å². The van der Waals surface area contributed by atoms with Gasteiger partial charge in [0.2, 0.25) is 0 Å². The largest absolute Gasteiger partial charge is 0.447 e. The number of thiazole rings is 1. The van der Waals surface area contributed by atoms with Gasteiger partial charge in [0.05, 0.1) is 21.6 Å². The van der Waals surface area contributed by atoms with Crippen LogP contribution in [0.3, 0.4) is 0 Å². The first-order chi connectivity index (χ1) is 18.6. The van der Waals surface area contributed by atoms with Crippen LogP contribution in [-0.2, 0) is 17.5 Å². The summed E-state index contributed by atoms with van der Waals surface area (Å²) in [7, 11) is 0. The minimum atomic E-state index is -4.62. The molecule has 0 unspecified atom stereocenters. The van der Waals surface area contributed by atoms with Crippen LogP contribution < -0.4 is 16.0 Å². The Labute approximate surface area is 229 Å². The number of halogens is 3. The van der Waals surface area contributed by atoms with Crippen LogP contribution in [0.4, 0.5) is 28.4 Å². The fraction of sp³-hybridized carbons (Fsp3) is 0.393. The summed E-state index contributed by atoms with van der Waals surface area (Å²) in [6.07, 6.45) is -0.741. The number of carbonyl (C=O) groups is 2. The van der Waals surface area contributed by atoms with E-state index in [-0.39, 0.29) is 35.9 Å². The summed E-state index contributed by atoms with van der Waals surface area (Å²) in [5.74, 6) is 0.117. The van der Waals surface area contributed by atoms with E-state index in [0.29, 0.717) is 4.88 Å². The quantitative estimate of drug-likeness (QED) is 0.283. The van der Waals surface area contributed by atoms with Crippen molar-refractivity contribution < 1.29 is 27.5 Å². The van der Waals surface area contributed by atoms with Gasteiger partial charge in [0, 0.05) is 36.0 Å². The van der Waals surface area contributed by atoms with E-state index in [9.17, 15) is 22.8 Å². The normalized spacial score (nSPS) is 17.5. The Morgan fingerprint density at radius 3 is 2.46 bits per heavy atom. The van der Waals surface area contributed by atoms with Crippen LogP contribution in [-0.4, -0.2) is 29.3 Å². The van der Waals surface area contributed by atoms with Crippen molar-refractivity contribution >= 4 is 29.1 Å². The number of rotatable bonds is 7. The monoisotopic (exact) mass is 560 g/mol. The highest BCUT2D eigenvalue weighted by Crippen LogP contribution is 2.43. The van der Waals surface area contributed by atoms with E-state index in [2.05, 4.69) is 20.9 Å². The first-order valence-corrected chi connectivity index (χ1v) is 13.6. The lowest BCUT2D eigenvalue weighted by atomic mass is 9.86. The molecule has 7 nitrogen and oxygen atoms in total. The number of carbonyl (C=O) groups excluding carboxylic acids is 2. The smallest absolute Gasteiger partial charge is 0.417 e. The van der Waals surface area contributed by atoms with Crippen LogP contribution in [0.15, 0.2) is 54.7 Å². The van der Waals surface area contributed by atoms with E-state index in [4.69, 9.17) is 4.74 Å². The Balaban J connectivity index is 1.40. The molecule has 1 fully saturated rings. The fourth-order valence-electron chi connectivity index (χ4n) is 4.53. The van der Waals surface area contributed by atoms with Crippen LogP contribution in [0.2, 0.25) is 0 Å². The van der Waals surface area contributed by atoms with Gasteiger partial charge in [0.15, 0.2) is 0 Å². The predicted molar refractivity (Wildman–Crippen MR) is 145 cm³/mol. The van der Waals surface area contributed by atoms with Crippen molar-refractivity contribution in [2.45, 2.75) is 70.3 Å². The molecule has 0 aliphatic heterocycles. The number of benzene rings is 2. The number of nitrogens with zero attached hydrogens (tertiary/aromatic N) is 1. The van der Waals surface area contributed by atoms with Crippen LogP contribution >= 0.6 is 11.3 Å². The zero-order valence-corrected chi connectivity index (χ0v) is 22.5. The van der Waals surface area contributed by atoms with Crippen molar-refractivity contribution in [3.63, 3.8) is 0 Å². The lowest BCUT2D eigenvalue weighted by Gasteiger charge is -2.28. The molecule has 1 saturated carbocycles. The molecule has 0 atom stereocenters. The number of hydrogen-bond donors (Lipinski definition) is 3. The average Bonchev–Trinajstić information content (AvgIpc) is 3.38. The molecule has 3 aromatic rings. The lowest BCUT2D eigenvalue weighted by molar-refractivity contribution is -0.137. The SMILES string of the molecule is CC(C)OC(=O)NC1CCC(c2ncc(-c3ccc(NC(=O)NCc4ccccc4)cc3C(F)(F)F)s2)CC1. The van der Waals surface area contributed by atoms with Gasteiger partial charge in [-0.1, -0.05) is 36.4 Å². The third-order valence-corrected chi connectivity index (χ3v) is 7.60. The van der Waals surface area contributed by atoms with E-state index < -0.39 is 23.9 Å². The second kappa shape index (κ2) is 12.5. The molecular formula is C28H31F3N4O3S. The second-order valence-electron chi connectivity index (χ2n) is 9.76. The van der Waals surface area contributed by atoms with Crippen LogP contribution in [0.1, 0.15) is 61.6 Å². The van der Waals surface area contributed by atoms with Gasteiger partial charge in [-0.05, 0) is 57.2 Å². The third-order valence-electron chi connectivity index (χ3n) is 6.41. The first kappa shape index (κ1) is 28.4. The molecule has 0 bridgehead atoms. The summed E-state index contributed by atoms with van der Waals surface area (Å²) in [5, 5.41) is 8.79. The van der Waals surface area contributed by atoms with Crippen molar-refractivity contribution in [1.29, 1.82) is 0 Å². The summed E-state index contributed by atoms with van der Waals surface area (Å²) in [5.41, 5.74) is 0.102. The summed E-state index contributed by atoms with van der Waals surface area (Å²) < 4.78 is 47.2. The summed E-state index contributed by atoms with van der Waals surface area (Å²) in [4.78, 5) is 29.0. The molecule has 0 spiro atoms. The third kappa shape index (κ3) is 7.95. The zero-order chi connectivity index (χ0) is 28.0. The van der Waals surface area contributed by atoms with Gasteiger partial charge in [-0.2, -0.15) is 13.2 Å². The number of nitrogens with one attached hydrogen (secondary N) is 3. The highest BCUT2D eigenvalue weighted by molar-refractivity contribution is 7.15. The van der Waals surface area contributed by atoms with E-state index in [1.807, 2.05) is 30.3 Å². The Kier molecular flexibility index (Phi) is 9.11. The van der Waals surface area contributed by atoms with Crippen LogP contribution in [0.25, 0.3) is 10.4 Å². The van der Waals surface area contributed by atoms with Gasteiger partial charge in [-0.25, -0.2) is 14.6 Å². The van der Waals surface area contributed by atoms with Gasteiger partial charge in [0.25, 0.3) is 0 Å². The Hall–Kier alpha value is -3.60. The molecule has 0 radical (unpaired) electrons. The predicted octanol–water partition coefficient (Wildman–Crippen LogP) is 7.31. The van der Waals surface area contributed by atoms with Gasteiger partial charge >= 0.3 is 18.3 Å². The Morgan fingerprint density at radius 1 is 1.08 bits per heavy atom. The second-order valence-corrected chi connectivity index (χ2v) is 10.8. The van der Waals surface area contributed by atoms with Gasteiger partial charge in [-0.3, -0.25) is 0 Å². The summed E-state index contributed by atoms with van der Waals surface area (Å²) >= 11 is 1.25. The molecule has 0 saturated heterocycles. The van der Waals surface area contributed by atoms with Crippen molar-refractivity contribution in [2.24, 2.45) is 0 Å². The number of alkyl carbamates (subject to hydrolysis) is 1. The molecule has 2 aromatic carbocycles. The number of alkyl halides is 3. The molecular weight excluding hydrogens is 529 g/mol. The molecule has 1 aliphatic rings. The molecule has 1 aromatic heterocycles. The summed E-state index contributed by atoms with van der Waals surface area (Å²) in [6.45, 7) is 3.82. The number of anilines is 1. The number of ether oxygens (including phenoxy) is 1. The van der Waals surface area contributed by atoms with Gasteiger partial charge < -0.3 is 20.7 Å². The van der Waals surface area contributed by atoms with Crippen LogP contribution in [0.5, 0.6) is 0 Å². The Bertz CT molecular complexity index is 1270. The molecule has 3 amide bonds. The first-order valence-electron chi connectivity index (χ1n) is 12.8. The summed E-state index contributed by atoms with van der Waals surface area (Å²) in [6, 6.07) is 12.4. The molecule has 208 valence electrons. The number of hydrogen-bond acceptors (Lipinski definition) is 5. The highest BCUT2D eigenvalue weighted by Gasteiger charge is 2.35. The van der Waals surface area contributed by atoms with Gasteiger partial charge in [-0.15, -0.1) is 11.3 Å². The fourth-order valence-corrected chi connectivity index (χ4v) is 5.65. The maximum Gasteiger partial charge on any atom is 0.417 e. The number of aromatic nitrogens is 1. The zero-order valence-electron chi connectivity index (χ0n) is 21.7. The average molecular weight is 561 g/mol. The van der Waals surface area contributed by atoms with Gasteiger partial charge in [0.1, 0.15) is 0 Å². The van der Waals surface area contributed by atoms with Crippen molar-refractivity contribution in [1.82, 2.24) is 15.6 Å². The topological polar surface area (TPSA) is 92.3 Å². The van der Waals surface area contributed by atoms with E-state index in [1.165, 1.54) is 29.7 Å². The van der Waals surface area contributed by atoms with Crippen LogP contribution in [0, 0.1) is 0 Å². The molecule has 1 heterocycles. The lowest BCUT2D eigenvalue weighted by Crippen LogP contribution is -2.38. The number of urea groups is 1. The van der Waals surface area contributed by atoms with Crippen molar-refractivity contribution in [2.75, 3.05) is 5.32 Å². The molecule has 4 rings (SSSR count). The highest BCUT2D eigenvalue weighted by atomic mass is 32.1. The molecule has 3 N–H and O–H groups in total. The maximum atomic E-state index is 14.0. The minimum absolute atomic E-state index is 0.00806. The van der Waals surface area contributed by atoms with E-state index in [0.717, 1.165) is 42.3 Å². The molecule has 39 heavy (non-hydrogen) atoms. The minimum Gasteiger partial charge on any atom is -0.447 e. The molecule has 1 aliphatic carbocycles. The standard InChI is InChI=1S/C28H31F3N4O3S/c1-17(2)38-27(37)35-20-10-8-19(9-11-20)25-32-16-24(39-25)22-13-12-21(14-23(22)28(29,30)31)34-26(36)33-15-18-6-4-3-5-7-18/h3-7,12-14,16-17,19-20H,8-11,15H2,1-2H3,(H,35,37)(H2,33,34,36). The molecule has 11 heteroatoms. The van der Waals surface area contributed by atoms with Crippen molar-refractivity contribution in [3.05, 3.63) is 70.9 Å². The Morgan fingerprint density at radius 2 is 1.79 bits per heavy atom. The maximum absolute atomic E-state index is 14.0. The number of amides is 3.